The molecule has 0 saturated carbocycles. The van der Waals surface area contributed by atoms with Crippen LogP contribution in [-0.4, -0.2) is 44.6 Å². The van der Waals surface area contributed by atoms with Crippen molar-refractivity contribution in [3.05, 3.63) is 40.9 Å². The molecular formula is C16H20N4O4S. The van der Waals surface area contributed by atoms with E-state index < -0.39 is 24.1 Å². The Morgan fingerprint density at radius 2 is 1.96 bits per heavy atom. The third kappa shape index (κ3) is 4.97. The van der Waals surface area contributed by atoms with E-state index in [-0.39, 0.29) is 5.92 Å². The quantitative estimate of drug-likeness (QED) is 0.596. The number of hydrogen-bond acceptors (Lipinski definition) is 6. The van der Waals surface area contributed by atoms with Crippen molar-refractivity contribution in [3.63, 3.8) is 0 Å². The predicted octanol–water partition coefficient (Wildman–Crippen LogP) is 2.04. The van der Waals surface area contributed by atoms with Gasteiger partial charge in [-0.2, -0.15) is 0 Å². The Hall–Kier alpha value is -2.52. The van der Waals surface area contributed by atoms with Crippen LogP contribution < -0.4 is 10.6 Å². The van der Waals surface area contributed by atoms with Gasteiger partial charge in [-0.15, -0.1) is 10.2 Å². The Kier molecular flexibility index (Phi) is 6.05. The summed E-state index contributed by atoms with van der Waals surface area (Å²) in [5.41, 5.74) is -0.917. The molecule has 1 heterocycles. The Morgan fingerprint density at radius 3 is 2.56 bits per heavy atom. The highest BCUT2D eigenvalue weighted by molar-refractivity contribution is 7.15. The van der Waals surface area contributed by atoms with Crippen molar-refractivity contribution in [1.82, 2.24) is 15.5 Å². The van der Waals surface area contributed by atoms with Crippen LogP contribution >= 0.6 is 11.3 Å². The van der Waals surface area contributed by atoms with Crippen molar-refractivity contribution >= 4 is 28.5 Å². The number of carboxylic acids is 1. The molecule has 0 radical (unpaired) electrons. The molecule has 0 saturated heterocycles. The molecular weight excluding hydrogens is 344 g/mol. The number of carboxylic acid groups (broad SMARTS) is 1. The summed E-state index contributed by atoms with van der Waals surface area (Å²) in [6, 6.07) is 9.24. The molecule has 1 aromatic carbocycles. The number of aliphatic hydroxyl groups is 1. The molecule has 2 aromatic rings. The van der Waals surface area contributed by atoms with Crippen LogP contribution in [0, 0.1) is 0 Å². The van der Waals surface area contributed by atoms with Crippen LogP contribution in [0.25, 0.3) is 0 Å². The van der Waals surface area contributed by atoms with E-state index in [9.17, 15) is 14.7 Å². The van der Waals surface area contributed by atoms with Crippen LogP contribution in [0.1, 0.15) is 36.8 Å². The Bertz CT molecular complexity index is 733. The van der Waals surface area contributed by atoms with E-state index in [1.54, 1.807) is 0 Å². The lowest BCUT2D eigenvalue weighted by Gasteiger charge is -2.17. The number of hydrogen-bond donors (Lipinski definition) is 4. The van der Waals surface area contributed by atoms with Gasteiger partial charge in [-0.05, 0) is 18.9 Å². The lowest BCUT2D eigenvalue weighted by molar-refractivity contribution is -0.155. The first kappa shape index (κ1) is 18.8. The number of nitrogens with zero attached hydrogens (tertiary/aromatic N) is 2. The zero-order valence-corrected chi connectivity index (χ0v) is 14.7. The minimum Gasteiger partial charge on any atom is -0.479 e. The number of carbonyl (C=O) groups excluding carboxylic acids is 1. The van der Waals surface area contributed by atoms with Crippen molar-refractivity contribution in [2.24, 2.45) is 0 Å². The van der Waals surface area contributed by atoms with E-state index in [1.165, 1.54) is 11.3 Å². The maximum absolute atomic E-state index is 11.8. The van der Waals surface area contributed by atoms with Crippen molar-refractivity contribution in [3.8, 4) is 0 Å². The number of amides is 2. The number of carbonyl (C=O) groups is 2. The second-order valence-electron chi connectivity index (χ2n) is 5.70. The van der Waals surface area contributed by atoms with E-state index in [0.717, 1.165) is 23.9 Å². The summed E-state index contributed by atoms with van der Waals surface area (Å²) in [5, 5.41) is 32.3. The molecule has 0 spiro atoms. The van der Waals surface area contributed by atoms with E-state index in [0.29, 0.717) is 5.13 Å². The first-order chi connectivity index (χ1) is 11.8. The summed E-state index contributed by atoms with van der Waals surface area (Å²) in [4.78, 5) is 22.6. The highest BCUT2D eigenvalue weighted by Crippen LogP contribution is 2.31. The van der Waals surface area contributed by atoms with Gasteiger partial charge in [0.2, 0.25) is 5.13 Å². The summed E-state index contributed by atoms with van der Waals surface area (Å²) < 4.78 is 0. The van der Waals surface area contributed by atoms with Gasteiger partial charge in [-0.3, -0.25) is 5.32 Å². The van der Waals surface area contributed by atoms with Gasteiger partial charge in [-0.25, -0.2) is 9.59 Å². The minimum absolute atomic E-state index is 0.0880. The van der Waals surface area contributed by atoms with E-state index in [2.05, 4.69) is 20.8 Å². The molecule has 2 atom stereocenters. The lowest BCUT2D eigenvalue weighted by atomic mass is 9.97. The summed E-state index contributed by atoms with van der Waals surface area (Å²) in [5.74, 6) is -1.33. The second-order valence-corrected chi connectivity index (χ2v) is 6.71. The number of nitrogens with one attached hydrogen (secondary N) is 2. The van der Waals surface area contributed by atoms with Crippen LogP contribution in [0.2, 0.25) is 0 Å². The topological polar surface area (TPSA) is 124 Å². The van der Waals surface area contributed by atoms with Crippen molar-refractivity contribution in [2.75, 3.05) is 11.9 Å². The minimum atomic E-state index is -2.04. The SMILES string of the molecule is CCC(c1ccccc1)c1nnc(NC(=O)NCC(C)(O)C(=O)O)s1. The molecule has 0 aliphatic heterocycles. The van der Waals surface area contributed by atoms with Crippen LogP contribution in [0.15, 0.2) is 30.3 Å². The molecule has 4 N–H and O–H groups in total. The number of aliphatic carboxylic acids is 1. The van der Waals surface area contributed by atoms with E-state index in [1.807, 2.05) is 37.3 Å². The van der Waals surface area contributed by atoms with Crippen molar-refractivity contribution in [2.45, 2.75) is 31.8 Å². The van der Waals surface area contributed by atoms with Gasteiger partial charge in [0.15, 0.2) is 5.60 Å². The van der Waals surface area contributed by atoms with E-state index >= 15 is 0 Å². The van der Waals surface area contributed by atoms with Crippen LogP contribution in [0.3, 0.4) is 0 Å². The van der Waals surface area contributed by atoms with Crippen LogP contribution in [-0.2, 0) is 4.79 Å². The largest absolute Gasteiger partial charge is 0.479 e. The number of aromatic nitrogens is 2. The maximum atomic E-state index is 11.8. The molecule has 2 rings (SSSR count). The molecule has 134 valence electrons. The summed E-state index contributed by atoms with van der Waals surface area (Å²) >= 11 is 1.26. The highest BCUT2D eigenvalue weighted by Gasteiger charge is 2.30. The molecule has 2 amide bonds. The molecule has 1 aromatic heterocycles. The molecule has 25 heavy (non-hydrogen) atoms. The number of anilines is 1. The van der Waals surface area contributed by atoms with E-state index in [4.69, 9.17) is 5.11 Å². The molecule has 0 aliphatic carbocycles. The molecule has 8 nitrogen and oxygen atoms in total. The van der Waals surface area contributed by atoms with Gasteiger partial charge in [0.05, 0.1) is 6.54 Å². The fraction of sp³-hybridized carbons (Fsp3) is 0.375. The molecule has 9 heteroatoms. The van der Waals surface area contributed by atoms with Gasteiger partial charge >= 0.3 is 12.0 Å². The summed E-state index contributed by atoms with van der Waals surface area (Å²) in [6.45, 7) is 2.72. The first-order valence-electron chi connectivity index (χ1n) is 7.72. The van der Waals surface area contributed by atoms with Gasteiger partial charge in [0.1, 0.15) is 5.01 Å². The maximum Gasteiger partial charge on any atom is 0.337 e. The highest BCUT2D eigenvalue weighted by atomic mass is 32.1. The molecule has 0 bridgehead atoms. The Labute approximate surface area is 148 Å². The van der Waals surface area contributed by atoms with Gasteiger partial charge < -0.3 is 15.5 Å². The number of benzene rings is 1. The van der Waals surface area contributed by atoms with Crippen molar-refractivity contribution < 1.29 is 19.8 Å². The fourth-order valence-electron chi connectivity index (χ4n) is 2.13. The molecule has 2 unspecified atom stereocenters. The van der Waals surface area contributed by atoms with Crippen molar-refractivity contribution in [1.29, 1.82) is 0 Å². The second kappa shape index (κ2) is 8.04. The normalized spacial score (nSPS) is 14.4. The number of urea groups is 1. The predicted molar refractivity (Wildman–Crippen MR) is 93.8 cm³/mol. The third-order valence-electron chi connectivity index (χ3n) is 3.62. The zero-order valence-electron chi connectivity index (χ0n) is 13.9. The standard InChI is InChI=1S/C16H20N4O4S/c1-3-11(10-7-5-4-6-8-10)12-19-20-15(25-12)18-14(23)17-9-16(2,24)13(21)22/h4-8,11,24H,3,9H2,1-2H3,(H,21,22)(H2,17,18,20,23). The van der Waals surface area contributed by atoms with Gasteiger partial charge in [-0.1, -0.05) is 48.6 Å². The summed E-state index contributed by atoms with van der Waals surface area (Å²) in [7, 11) is 0. The zero-order chi connectivity index (χ0) is 18.4. The monoisotopic (exact) mass is 364 g/mol. The van der Waals surface area contributed by atoms with Gasteiger partial charge in [0.25, 0.3) is 0 Å². The first-order valence-corrected chi connectivity index (χ1v) is 8.54. The number of rotatable bonds is 7. The average molecular weight is 364 g/mol. The molecule has 0 aliphatic rings. The van der Waals surface area contributed by atoms with Gasteiger partial charge in [0, 0.05) is 5.92 Å². The van der Waals surface area contributed by atoms with Crippen LogP contribution in [0.4, 0.5) is 9.93 Å². The lowest BCUT2D eigenvalue weighted by Crippen LogP contribution is -2.47. The Balaban J connectivity index is 1.99. The fourth-order valence-corrected chi connectivity index (χ4v) is 3.08. The average Bonchev–Trinajstić information content (AvgIpc) is 3.03. The summed E-state index contributed by atoms with van der Waals surface area (Å²) in [6.07, 6.45) is 0.840. The third-order valence-corrected chi connectivity index (χ3v) is 4.58. The van der Waals surface area contributed by atoms with Crippen LogP contribution in [0.5, 0.6) is 0 Å². The smallest absolute Gasteiger partial charge is 0.337 e. The molecule has 0 fully saturated rings. The Morgan fingerprint density at radius 1 is 1.28 bits per heavy atom.